The molecule has 1 N–H and O–H groups in total. The van der Waals surface area contributed by atoms with Gasteiger partial charge in [-0.05, 0) is 55.9 Å². The Kier molecular flexibility index (Phi) is 6.08. The lowest BCUT2D eigenvalue weighted by molar-refractivity contribution is -0.126. The van der Waals surface area contributed by atoms with Gasteiger partial charge in [0.1, 0.15) is 24.0 Å². The second-order valence-corrected chi connectivity index (χ2v) is 10.1. The molecule has 1 unspecified atom stereocenters. The van der Waals surface area contributed by atoms with E-state index in [9.17, 15) is 9.59 Å². The van der Waals surface area contributed by atoms with Gasteiger partial charge < -0.3 is 19.7 Å². The molecule has 1 saturated carbocycles. The van der Waals surface area contributed by atoms with Crippen LogP contribution in [0.1, 0.15) is 54.4 Å². The Balaban J connectivity index is 1.09. The van der Waals surface area contributed by atoms with Crippen LogP contribution in [0, 0.1) is 0 Å². The largest absolute Gasteiger partial charge is 0.489 e. The van der Waals surface area contributed by atoms with Crippen molar-refractivity contribution in [3.63, 3.8) is 0 Å². The highest BCUT2D eigenvalue weighted by Crippen LogP contribution is 2.34. The lowest BCUT2D eigenvalue weighted by Gasteiger charge is -2.47. The molecule has 188 valence electrons. The first kappa shape index (κ1) is 23.0. The number of aromatic nitrogens is 2. The fourth-order valence-corrected chi connectivity index (χ4v) is 5.84. The monoisotopic (exact) mass is 489 g/mol. The van der Waals surface area contributed by atoms with Crippen LogP contribution in [0.25, 0.3) is 0 Å². The Morgan fingerprint density at radius 3 is 2.72 bits per heavy atom. The smallest absolute Gasteiger partial charge is 0.255 e. The van der Waals surface area contributed by atoms with Crippen LogP contribution in [0.4, 0.5) is 0 Å². The third kappa shape index (κ3) is 4.43. The second-order valence-electron chi connectivity index (χ2n) is 10.1. The van der Waals surface area contributed by atoms with E-state index in [1.165, 1.54) is 6.42 Å². The van der Waals surface area contributed by atoms with Crippen molar-refractivity contribution in [2.24, 2.45) is 0 Å². The molecule has 1 aromatic heterocycles. The number of carbonyl (C=O) groups excluding carboxylic acids is 2. The Morgan fingerprint density at radius 1 is 1.06 bits per heavy atom. The molecule has 9 heteroatoms. The summed E-state index contributed by atoms with van der Waals surface area (Å²) in [5.41, 5.74) is 2.29. The predicted molar refractivity (Wildman–Crippen MR) is 131 cm³/mol. The van der Waals surface area contributed by atoms with E-state index in [1.54, 1.807) is 23.5 Å². The number of allylic oxidation sites excluding steroid dienone is 1. The molecule has 4 heterocycles. The number of nitrogens with one attached hydrogen (secondary N) is 1. The summed E-state index contributed by atoms with van der Waals surface area (Å²) in [5, 5.41) is 2.79. The van der Waals surface area contributed by atoms with E-state index in [-0.39, 0.29) is 24.0 Å². The van der Waals surface area contributed by atoms with Gasteiger partial charge in [0, 0.05) is 49.3 Å². The number of nitrogens with zero attached hydrogens (tertiary/aromatic N) is 4. The number of hydrogen-bond donors (Lipinski definition) is 1. The lowest BCUT2D eigenvalue weighted by Crippen LogP contribution is -2.62. The molecule has 4 aliphatic rings. The van der Waals surface area contributed by atoms with Gasteiger partial charge in [0.05, 0.1) is 6.20 Å². The van der Waals surface area contributed by atoms with Crippen LogP contribution in [-0.2, 0) is 11.3 Å². The average Bonchev–Trinajstić information content (AvgIpc) is 3.18. The van der Waals surface area contributed by atoms with Crippen molar-refractivity contribution in [1.82, 2.24) is 25.1 Å². The van der Waals surface area contributed by atoms with Crippen LogP contribution in [0.5, 0.6) is 11.6 Å². The molecule has 0 radical (unpaired) electrons. The van der Waals surface area contributed by atoms with Gasteiger partial charge in [0.2, 0.25) is 11.8 Å². The van der Waals surface area contributed by atoms with Gasteiger partial charge in [-0.2, -0.15) is 0 Å². The number of hydrogen-bond acceptors (Lipinski definition) is 7. The lowest BCUT2D eigenvalue weighted by atomic mass is 9.89. The quantitative estimate of drug-likeness (QED) is 0.666. The summed E-state index contributed by atoms with van der Waals surface area (Å²) in [6.07, 6.45) is 10.9. The van der Waals surface area contributed by atoms with Crippen LogP contribution in [-0.4, -0.2) is 69.0 Å². The highest BCUT2D eigenvalue weighted by Gasteiger charge is 2.41. The van der Waals surface area contributed by atoms with E-state index in [2.05, 4.69) is 26.8 Å². The second kappa shape index (κ2) is 9.54. The van der Waals surface area contributed by atoms with Gasteiger partial charge in [-0.3, -0.25) is 19.5 Å². The summed E-state index contributed by atoms with van der Waals surface area (Å²) < 4.78 is 12.5. The van der Waals surface area contributed by atoms with Crippen molar-refractivity contribution in [2.75, 3.05) is 13.1 Å². The van der Waals surface area contributed by atoms with Crippen molar-refractivity contribution >= 4 is 11.8 Å². The van der Waals surface area contributed by atoms with Gasteiger partial charge in [0.15, 0.2) is 0 Å². The molecule has 2 aromatic rings. The van der Waals surface area contributed by atoms with E-state index in [4.69, 9.17) is 9.47 Å². The van der Waals surface area contributed by atoms with Crippen molar-refractivity contribution in [3.05, 3.63) is 60.2 Å². The Bertz CT molecular complexity index is 1170. The minimum Gasteiger partial charge on any atom is -0.489 e. The van der Waals surface area contributed by atoms with Crippen molar-refractivity contribution < 1.29 is 19.1 Å². The summed E-state index contributed by atoms with van der Waals surface area (Å²) in [7, 11) is 0. The summed E-state index contributed by atoms with van der Waals surface area (Å²) in [5.74, 6) is 1.12. The van der Waals surface area contributed by atoms with E-state index in [1.807, 2.05) is 18.2 Å². The number of fused-ring (bicyclic) bond motifs is 1. The van der Waals surface area contributed by atoms with Gasteiger partial charge in [-0.25, -0.2) is 4.98 Å². The maximum Gasteiger partial charge on any atom is 0.255 e. The predicted octanol–water partition coefficient (Wildman–Crippen LogP) is 2.68. The minimum atomic E-state index is -0.453. The molecule has 2 amide bonds. The Hall–Kier alpha value is -3.46. The Labute approximate surface area is 210 Å². The van der Waals surface area contributed by atoms with E-state index in [0.717, 1.165) is 43.7 Å². The zero-order valence-corrected chi connectivity index (χ0v) is 20.3. The third-order valence-corrected chi connectivity index (χ3v) is 7.73. The Morgan fingerprint density at radius 2 is 1.92 bits per heavy atom. The van der Waals surface area contributed by atoms with Crippen molar-refractivity contribution in [3.8, 4) is 11.6 Å². The summed E-state index contributed by atoms with van der Waals surface area (Å²) in [6, 6.07) is 5.61. The zero-order chi connectivity index (χ0) is 24.6. The highest BCUT2D eigenvalue weighted by molar-refractivity contribution is 6.01. The third-order valence-electron chi connectivity index (χ3n) is 7.73. The number of carbonyl (C=O) groups is 2. The summed E-state index contributed by atoms with van der Waals surface area (Å²) in [4.78, 5) is 37.9. The molecule has 3 fully saturated rings. The highest BCUT2D eigenvalue weighted by atomic mass is 16.5. The minimum absolute atomic E-state index is 0.0884. The number of ether oxygens (including phenoxy) is 2. The summed E-state index contributed by atoms with van der Waals surface area (Å²) >= 11 is 0. The van der Waals surface area contributed by atoms with E-state index in [0.29, 0.717) is 42.6 Å². The molecule has 1 aliphatic carbocycles. The average molecular weight is 490 g/mol. The van der Waals surface area contributed by atoms with Crippen molar-refractivity contribution in [1.29, 1.82) is 0 Å². The normalized spacial score (nSPS) is 26.8. The van der Waals surface area contributed by atoms with Crippen LogP contribution < -0.4 is 14.8 Å². The first-order valence-electron chi connectivity index (χ1n) is 12.8. The standard InChI is InChI=1S/C27H31N5O4/c1-17-6-9-23(26(33)30-17)32-14-18-12-19(7-8-21(18)27(32)34)35-24-5-3-2-4-22(24)31-15-20(16-31)36-25-13-28-10-11-29-25/h7-8,10-13,20,22-24H,1-6,9,14-16H2,(H,30,33)/t22-,23?,24+/m0/s1. The van der Waals surface area contributed by atoms with Crippen LogP contribution in [0.15, 0.2) is 49.1 Å². The fraction of sp³-hybridized carbons (Fsp3) is 0.481. The molecular weight excluding hydrogens is 458 g/mol. The molecule has 3 atom stereocenters. The van der Waals surface area contributed by atoms with E-state index >= 15 is 0 Å². The first-order chi connectivity index (χ1) is 17.5. The van der Waals surface area contributed by atoms with Gasteiger partial charge >= 0.3 is 0 Å². The molecule has 6 rings (SSSR count). The number of rotatable bonds is 6. The summed E-state index contributed by atoms with van der Waals surface area (Å²) in [6.45, 7) is 5.97. The molecule has 1 aromatic carbocycles. The van der Waals surface area contributed by atoms with Crippen molar-refractivity contribution in [2.45, 2.75) is 69.4 Å². The number of likely N-dealkylation sites (tertiary alicyclic amines) is 1. The number of benzene rings is 1. The van der Waals surface area contributed by atoms with Crippen LogP contribution in [0.3, 0.4) is 0 Å². The van der Waals surface area contributed by atoms with Crippen LogP contribution >= 0.6 is 0 Å². The molecule has 36 heavy (non-hydrogen) atoms. The van der Waals surface area contributed by atoms with Gasteiger partial charge in [-0.15, -0.1) is 0 Å². The number of piperidine rings is 1. The number of amides is 2. The maximum absolute atomic E-state index is 13.0. The molecule has 3 aliphatic heterocycles. The topological polar surface area (TPSA) is 96.9 Å². The SMILES string of the molecule is C=C1CCC(N2Cc3cc(O[C@@H]4CCCC[C@@H]4N4CC(Oc5cnccn5)C4)ccc3C2=O)C(=O)N1. The molecule has 0 spiro atoms. The van der Waals surface area contributed by atoms with Gasteiger partial charge in [-0.1, -0.05) is 13.0 Å². The fourth-order valence-electron chi connectivity index (χ4n) is 5.84. The molecule has 0 bridgehead atoms. The maximum atomic E-state index is 13.0. The van der Waals surface area contributed by atoms with E-state index < -0.39 is 6.04 Å². The zero-order valence-electron chi connectivity index (χ0n) is 20.3. The van der Waals surface area contributed by atoms with Crippen LogP contribution in [0.2, 0.25) is 0 Å². The molecular formula is C27H31N5O4. The molecule has 9 nitrogen and oxygen atoms in total. The van der Waals surface area contributed by atoms with Gasteiger partial charge in [0.25, 0.3) is 5.91 Å². The molecule has 2 saturated heterocycles. The first-order valence-corrected chi connectivity index (χ1v) is 12.8.